The third-order valence-electron chi connectivity index (χ3n) is 5.07. The SMILES string of the molecule is CC(C)c1ccc(N2Cc3ccc(NC(=O)Nc4ccccc4)cc3C2=O)cc1. The van der Waals surface area contributed by atoms with Gasteiger partial charge in [-0.2, -0.15) is 0 Å². The molecule has 2 N–H and O–H groups in total. The van der Waals surface area contributed by atoms with Gasteiger partial charge < -0.3 is 15.5 Å². The average Bonchev–Trinajstić information content (AvgIpc) is 3.05. The van der Waals surface area contributed by atoms with Crippen LogP contribution in [0.1, 0.15) is 41.3 Å². The first-order valence-corrected chi connectivity index (χ1v) is 9.69. The first kappa shape index (κ1) is 18.7. The van der Waals surface area contributed by atoms with Gasteiger partial charge in [-0.15, -0.1) is 0 Å². The Morgan fingerprint density at radius 3 is 2.28 bits per heavy atom. The summed E-state index contributed by atoms with van der Waals surface area (Å²) in [7, 11) is 0. The number of hydrogen-bond donors (Lipinski definition) is 2. The first-order chi connectivity index (χ1) is 14.0. The van der Waals surface area contributed by atoms with E-state index in [-0.39, 0.29) is 11.9 Å². The van der Waals surface area contributed by atoms with Gasteiger partial charge in [0, 0.05) is 22.6 Å². The smallest absolute Gasteiger partial charge is 0.308 e. The van der Waals surface area contributed by atoms with Crippen molar-refractivity contribution in [2.45, 2.75) is 26.3 Å². The lowest BCUT2D eigenvalue weighted by Gasteiger charge is -2.16. The number of carbonyl (C=O) groups excluding carboxylic acids is 2. The zero-order valence-corrected chi connectivity index (χ0v) is 16.5. The molecule has 1 heterocycles. The lowest BCUT2D eigenvalue weighted by atomic mass is 10.0. The summed E-state index contributed by atoms with van der Waals surface area (Å²) in [6, 6.07) is 22.5. The zero-order chi connectivity index (χ0) is 20.4. The summed E-state index contributed by atoms with van der Waals surface area (Å²) in [4.78, 5) is 26.9. The summed E-state index contributed by atoms with van der Waals surface area (Å²) in [5.74, 6) is 0.399. The third-order valence-corrected chi connectivity index (χ3v) is 5.07. The van der Waals surface area contributed by atoms with Gasteiger partial charge >= 0.3 is 6.03 Å². The van der Waals surface area contributed by atoms with E-state index in [1.807, 2.05) is 54.6 Å². The van der Waals surface area contributed by atoms with E-state index >= 15 is 0 Å². The fourth-order valence-electron chi connectivity index (χ4n) is 3.44. The van der Waals surface area contributed by atoms with Crippen molar-refractivity contribution in [2.24, 2.45) is 0 Å². The molecule has 3 amide bonds. The normalized spacial score (nSPS) is 12.8. The lowest BCUT2D eigenvalue weighted by Crippen LogP contribution is -2.23. The van der Waals surface area contributed by atoms with Gasteiger partial charge in [0.2, 0.25) is 0 Å². The van der Waals surface area contributed by atoms with Crippen molar-refractivity contribution < 1.29 is 9.59 Å². The molecule has 1 aliphatic heterocycles. The second-order valence-corrected chi connectivity index (χ2v) is 7.45. The molecule has 0 saturated carbocycles. The number of urea groups is 1. The van der Waals surface area contributed by atoms with Crippen LogP contribution in [0.5, 0.6) is 0 Å². The number of nitrogens with one attached hydrogen (secondary N) is 2. The first-order valence-electron chi connectivity index (χ1n) is 9.69. The van der Waals surface area contributed by atoms with Gasteiger partial charge in [-0.05, 0) is 53.4 Å². The Morgan fingerprint density at radius 1 is 0.897 bits per heavy atom. The molecular formula is C24H23N3O2. The Morgan fingerprint density at radius 2 is 1.59 bits per heavy atom. The summed E-state index contributed by atoms with van der Waals surface area (Å²) >= 11 is 0. The van der Waals surface area contributed by atoms with Crippen LogP contribution in [0.25, 0.3) is 0 Å². The van der Waals surface area contributed by atoms with E-state index < -0.39 is 0 Å². The van der Waals surface area contributed by atoms with Crippen LogP contribution in [0, 0.1) is 0 Å². The van der Waals surface area contributed by atoms with Crippen molar-refractivity contribution in [3.8, 4) is 0 Å². The number of benzene rings is 3. The lowest BCUT2D eigenvalue weighted by molar-refractivity contribution is 0.0996. The van der Waals surface area contributed by atoms with Crippen LogP contribution in [0.15, 0.2) is 72.8 Å². The average molecular weight is 385 g/mol. The standard InChI is InChI=1S/C24H23N3O2/c1-16(2)17-9-12-21(13-10-17)27-15-18-8-11-20(14-22(18)23(27)28)26-24(29)25-19-6-4-3-5-7-19/h3-14,16H,15H2,1-2H3,(H2,25,26,29). The molecule has 0 atom stereocenters. The number of hydrogen-bond acceptors (Lipinski definition) is 2. The number of nitrogens with zero attached hydrogens (tertiary/aromatic N) is 1. The van der Waals surface area contributed by atoms with Crippen molar-refractivity contribution in [1.82, 2.24) is 0 Å². The number of rotatable bonds is 4. The van der Waals surface area contributed by atoms with Gasteiger partial charge in [-0.25, -0.2) is 4.79 Å². The molecule has 0 fully saturated rings. The largest absolute Gasteiger partial charge is 0.323 e. The number of carbonyl (C=O) groups is 2. The Labute approximate surface area is 170 Å². The van der Waals surface area contributed by atoms with Crippen LogP contribution < -0.4 is 15.5 Å². The van der Waals surface area contributed by atoms with Gasteiger partial charge in [0.05, 0.1) is 6.54 Å². The summed E-state index contributed by atoms with van der Waals surface area (Å²) in [6.07, 6.45) is 0. The highest BCUT2D eigenvalue weighted by atomic mass is 16.2. The molecule has 146 valence electrons. The molecule has 0 aromatic heterocycles. The fraction of sp³-hybridized carbons (Fsp3) is 0.167. The number of anilines is 3. The monoisotopic (exact) mass is 385 g/mol. The van der Waals surface area contributed by atoms with Crippen molar-refractivity contribution in [1.29, 1.82) is 0 Å². The minimum Gasteiger partial charge on any atom is -0.308 e. The minimum atomic E-state index is -0.345. The maximum Gasteiger partial charge on any atom is 0.323 e. The van der Waals surface area contributed by atoms with E-state index in [9.17, 15) is 9.59 Å². The minimum absolute atomic E-state index is 0.0515. The summed E-state index contributed by atoms with van der Waals surface area (Å²) in [6.45, 7) is 4.83. The predicted molar refractivity (Wildman–Crippen MR) is 117 cm³/mol. The van der Waals surface area contributed by atoms with E-state index in [1.54, 1.807) is 11.0 Å². The molecule has 3 aromatic carbocycles. The van der Waals surface area contributed by atoms with Crippen LogP contribution in [0.3, 0.4) is 0 Å². The molecule has 0 saturated heterocycles. The molecule has 0 spiro atoms. The van der Waals surface area contributed by atoms with Crippen LogP contribution in [0.2, 0.25) is 0 Å². The van der Waals surface area contributed by atoms with Gasteiger partial charge in [0.1, 0.15) is 0 Å². The second kappa shape index (κ2) is 7.80. The highest BCUT2D eigenvalue weighted by molar-refractivity contribution is 6.11. The van der Waals surface area contributed by atoms with Crippen molar-refractivity contribution in [2.75, 3.05) is 15.5 Å². The molecule has 0 unspecified atom stereocenters. The molecule has 0 radical (unpaired) electrons. The van der Waals surface area contributed by atoms with Crippen LogP contribution in [-0.2, 0) is 6.54 Å². The van der Waals surface area contributed by atoms with E-state index in [0.717, 1.165) is 11.3 Å². The van der Waals surface area contributed by atoms with Crippen LogP contribution >= 0.6 is 0 Å². The Bertz CT molecular complexity index is 1040. The van der Waals surface area contributed by atoms with Gasteiger partial charge in [0.25, 0.3) is 5.91 Å². The number of para-hydroxylation sites is 1. The molecule has 4 rings (SSSR count). The van der Waals surface area contributed by atoms with E-state index in [4.69, 9.17) is 0 Å². The fourth-order valence-corrected chi connectivity index (χ4v) is 3.44. The van der Waals surface area contributed by atoms with Gasteiger partial charge in [-0.1, -0.05) is 50.2 Å². The van der Waals surface area contributed by atoms with Crippen molar-refractivity contribution in [3.05, 3.63) is 89.5 Å². The quantitative estimate of drug-likeness (QED) is 0.613. The Hall–Kier alpha value is -3.60. The Balaban J connectivity index is 1.48. The zero-order valence-electron chi connectivity index (χ0n) is 16.5. The topological polar surface area (TPSA) is 61.4 Å². The highest BCUT2D eigenvalue weighted by Crippen LogP contribution is 2.31. The maximum atomic E-state index is 12.9. The molecule has 5 nitrogen and oxygen atoms in total. The van der Waals surface area contributed by atoms with Crippen LogP contribution in [-0.4, -0.2) is 11.9 Å². The molecule has 1 aliphatic rings. The third kappa shape index (κ3) is 3.99. The molecule has 0 bridgehead atoms. The number of fused-ring (bicyclic) bond motifs is 1. The predicted octanol–water partition coefficient (Wildman–Crippen LogP) is 5.61. The van der Waals surface area contributed by atoms with Gasteiger partial charge in [-0.3, -0.25) is 4.79 Å². The molecule has 29 heavy (non-hydrogen) atoms. The van der Waals surface area contributed by atoms with E-state index in [0.29, 0.717) is 29.4 Å². The molecule has 0 aliphatic carbocycles. The summed E-state index contributed by atoms with van der Waals surface area (Å²) < 4.78 is 0. The Kier molecular flexibility index (Phi) is 5.04. The summed E-state index contributed by atoms with van der Waals surface area (Å²) in [5, 5.41) is 5.57. The molecular weight excluding hydrogens is 362 g/mol. The van der Waals surface area contributed by atoms with Crippen molar-refractivity contribution >= 4 is 29.0 Å². The molecule has 5 heteroatoms. The summed E-state index contributed by atoms with van der Waals surface area (Å²) in [5.41, 5.74) is 4.99. The van der Waals surface area contributed by atoms with Crippen LogP contribution in [0.4, 0.5) is 21.9 Å². The van der Waals surface area contributed by atoms with E-state index in [2.05, 4.69) is 36.6 Å². The number of amides is 3. The highest BCUT2D eigenvalue weighted by Gasteiger charge is 2.28. The maximum absolute atomic E-state index is 12.9. The van der Waals surface area contributed by atoms with Gasteiger partial charge in [0.15, 0.2) is 0 Å². The van der Waals surface area contributed by atoms with E-state index in [1.165, 1.54) is 5.56 Å². The molecule has 3 aromatic rings. The second-order valence-electron chi connectivity index (χ2n) is 7.45. The van der Waals surface area contributed by atoms with Crippen molar-refractivity contribution in [3.63, 3.8) is 0 Å².